The molecule has 0 bridgehead atoms. The molecule has 1 aliphatic rings. The van der Waals surface area contributed by atoms with Crippen molar-refractivity contribution in [1.82, 2.24) is 0 Å². The molecule has 0 saturated carbocycles. The lowest BCUT2D eigenvalue weighted by molar-refractivity contribution is 0.226. The zero-order chi connectivity index (χ0) is 13.9. The van der Waals surface area contributed by atoms with E-state index in [2.05, 4.69) is 6.07 Å². The van der Waals surface area contributed by atoms with E-state index in [1.165, 1.54) is 0 Å². The lowest BCUT2D eigenvalue weighted by atomic mass is 9.97. The number of aliphatic hydroxyl groups excluding tert-OH is 1. The number of aromatic hydroxyl groups is 1. The molecule has 0 radical (unpaired) electrons. The summed E-state index contributed by atoms with van der Waals surface area (Å²) in [6, 6.07) is 15.5. The molecule has 0 fully saturated rings. The van der Waals surface area contributed by atoms with E-state index in [9.17, 15) is 10.2 Å². The average Bonchev–Trinajstić information content (AvgIpc) is 2.72. The first kappa shape index (κ1) is 11.5. The van der Waals surface area contributed by atoms with Crippen molar-refractivity contribution in [2.75, 3.05) is 0 Å². The Morgan fingerprint density at radius 1 is 0.900 bits per heavy atom. The molecular formula is C18H14O2. The van der Waals surface area contributed by atoms with Gasteiger partial charge in [0, 0.05) is 10.9 Å². The number of fused-ring (bicyclic) bond motifs is 5. The van der Waals surface area contributed by atoms with Gasteiger partial charge in [-0.25, -0.2) is 0 Å². The fourth-order valence-electron chi connectivity index (χ4n) is 3.19. The van der Waals surface area contributed by atoms with Crippen molar-refractivity contribution in [2.45, 2.75) is 13.0 Å². The minimum absolute atomic E-state index is 0.265. The molecule has 98 valence electrons. The Balaban J connectivity index is 2.16. The van der Waals surface area contributed by atoms with Gasteiger partial charge >= 0.3 is 0 Å². The summed E-state index contributed by atoms with van der Waals surface area (Å²) >= 11 is 0. The molecule has 0 saturated heterocycles. The summed E-state index contributed by atoms with van der Waals surface area (Å²) in [5.41, 5.74) is 4.93. The van der Waals surface area contributed by atoms with Gasteiger partial charge in [0.05, 0.1) is 0 Å². The van der Waals surface area contributed by atoms with Crippen LogP contribution in [-0.4, -0.2) is 10.2 Å². The summed E-state index contributed by atoms with van der Waals surface area (Å²) in [6.07, 6.45) is -0.619. The van der Waals surface area contributed by atoms with E-state index in [0.29, 0.717) is 0 Å². The van der Waals surface area contributed by atoms with Gasteiger partial charge in [0.1, 0.15) is 11.9 Å². The molecule has 20 heavy (non-hydrogen) atoms. The standard InChI is InChI=1S/C18H14O2/c1-10-6-7-13-14(8-10)15-9-16(19)11-4-2-3-5-12(11)17(15)18(13)20/h2-9,18-20H,1H3. The highest BCUT2D eigenvalue weighted by Gasteiger charge is 2.29. The Morgan fingerprint density at radius 2 is 1.65 bits per heavy atom. The molecule has 0 aromatic heterocycles. The SMILES string of the molecule is Cc1ccc2c(c1)-c1cc(O)c3ccccc3c1C2O. The van der Waals surface area contributed by atoms with Gasteiger partial charge in [0.2, 0.25) is 0 Å². The maximum Gasteiger partial charge on any atom is 0.124 e. The van der Waals surface area contributed by atoms with Crippen LogP contribution in [0, 0.1) is 6.92 Å². The van der Waals surface area contributed by atoms with Crippen molar-refractivity contribution in [3.63, 3.8) is 0 Å². The largest absolute Gasteiger partial charge is 0.507 e. The van der Waals surface area contributed by atoms with Crippen LogP contribution in [0.3, 0.4) is 0 Å². The predicted molar refractivity (Wildman–Crippen MR) is 79.8 cm³/mol. The minimum atomic E-state index is -0.619. The third-order valence-electron chi connectivity index (χ3n) is 4.13. The van der Waals surface area contributed by atoms with Crippen molar-refractivity contribution < 1.29 is 10.2 Å². The average molecular weight is 262 g/mol. The fourth-order valence-corrected chi connectivity index (χ4v) is 3.19. The van der Waals surface area contributed by atoms with Crippen LogP contribution in [0.4, 0.5) is 0 Å². The van der Waals surface area contributed by atoms with Crippen LogP contribution in [0.25, 0.3) is 21.9 Å². The van der Waals surface area contributed by atoms with Crippen molar-refractivity contribution in [2.24, 2.45) is 0 Å². The van der Waals surface area contributed by atoms with E-state index in [0.717, 1.165) is 38.6 Å². The number of phenols is 1. The molecule has 3 aromatic carbocycles. The highest BCUT2D eigenvalue weighted by Crippen LogP contribution is 2.48. The van der Waals surface area contributed by atoms with Crippen molar-refractivity contribution in [1.29, 1.82) is 0 Å². The molecule has 0 amide bonds. The number of rotatable bonds is 0. The number of benzene rings is 3. The first-order chi connectivity index (χ1) is 9.66. The van der Waals surface area contributed by atoms with Gasteiger partial charge in [0.25, 0.3) is 0 Å². The van der Waals surface area contributed by atoms with Gasteiger partial charge in [-0.1, -0.05) is 48.0 Å². The van der Waals surface area contributed by atoms with Gasteiger partial charge in [-0.15, -0.1) is 0 Å². The van der Waals surface area contributed by atoms with Gasteiger partial charge in [-0.2, -0.15) is 0 Å². The summed E-state index contributed by atoms with van der Waals surface area (Å²) in [5.74, 6) is 0.265. The summed E-state index contributed by atoms with van der Waals surface area (Å²) in [7, 11) is 0. The lowest BCUT2D eigenvalue weighted by Crippen LogP contribution is -1.95. The number of aliphatic hydroxyl groups is 1. The second-order valence-electron chi connectivity index (χ2n) is 5.40. The number of hydrogen-bond acceptors (Lipinski definition) is 2. The molecule has 3 aromatic rings. The van der Waals surface area contributed by atoms with Gasteiger partial charge in [-0.3, -0.25) is 0 Å². The van der Waals surface area contributed by atoms with E-state index in [1.54, 1.807) is 6.07 Å². The van der Waals surface area contributed by atoms with Crippen molar-refractivity contribution in [3.8, 4) is 16.9 Å². The Bertz CT molecular complexity index is 849. The van der Waals surface area contributed by atoms with Crippen LogP contribution in [0.15, 0.2) is 48.5 Å². The first-order valence-electron chi connectivity index (χ1n) is 6.70. The van der Waals surface area contributed by atoms with E-state index < -0.39 is 6.10 Å². The maximum absolute atomic E-state index is 10.6. The molecule has 0 aliphatic heterocycles. The van der Waals surface area contributed by atoms with Crippen LogP contribution in [0.2, 0.25) is 0 Å². The third-order valence-corrected chi connectivity index (χ3v) is 4.13. The Morgan fingerprint density at radius 3 is 2.45 bits per heavy atom. The quantitative estimate of drug-likeness (QED) is 0.644. The molecule has 1 unspecified atom stereocenters. The molecular weight excluding hydrogens is 248 g/mol. The second kappa shape index (κ2) is 3.84. The van der Waals surface area contributed by atoms with Crippen molar-refractivity contribution in [3.05, 3.63) is 65.2 Å². The Kier molecular flexibility index (Phi) is 2.21. The van der Waals surface area contributed by atoms with Crippen LogP contribution in [0.1, 0.15) is 22.8 Å². The van der Waals surface area contributed by atoms with E-state index in [4.69, 9.17) is 0 Å². The highest BCUT2D eigenvalue weighted by molar-refractivity contribution is 5.99. The first-order valence-corrected chi connectivity index (χ1v) is 6.70. The Hall–Kier alpha value is -2.32. The van der Waals surface area contributed by atoms with Crippen molar-refractivity contribution >= 4 is 10.8 Å². The lowest BCUT2D eigenvalue weighted by Gasteiger charge is -2.10. The monoisotopic (exact) mass is 262 g/mol. The molecule has 0 heterocycles. The smallest absolute Gasteiger partial charge is 0.124 e. The third kappa shape index (κ3) is 1.37. The molecule has 1 aliphatic carbocycles. The summed E-state index contributed by atoms with van der Waals surface area (Å²) in [4.78, 5) is 0. The van der Waals surface area contributed by atoms with Crippen LogP contribution >= 0.6 is 0 Å². The topological polar surface area (TPSA) is 40.5 Å². The summed E-state index contributed by atoms with van der Waals surface area (Å²) < 4.78 is 0. The number of aryl methyl sites for hydroxylation is 1. The predicted octanol–water partition coefficient (Wildman–Crippen LogP) is 3.92. The highest BCUT2D eigenvalue weighted by atomic mass is 16.3. The second-order valence-corrected chi connectivity index (χ2v) is 5.40. The number of hydrogen-bond donors (Lipinski definition) is 2. The molecule has 4 rings (SSSR count). The van der Waals surface area contributed by atoms with Crippen LogP contribution in [0.5, 0.6) is 5.75 Å². The van der Waals surface area contributed by atoms with E-state index >= 15 is 0 Å². The fraction of sp³-hybridized carbons (Fsp3) is 0.111. The molecule has 2 nitrogen and oxygen atoms in total. The van der Waals surface area contributed by atoms with E-state index in [-0.39, 0.29) is 5.75 Å². The normalized spacial score (nSPS) is 16.2. The molecule has 2 heteroatoms. The maximum atomic E-state index is 10.6. The zero-order valence-corrected chi connectivity index (χ0v) is 11.1. The molecule has 2 N–H and O–H groups in total. The van der Waals surface area contributed by atoms with Gasteiger partial charge in [0.15, 0.2) is 0 Å². The number of phenolic OH excluding ortho intramolecular Hbond substituents is 1. The zero-order valence-electron chi connectivity index (χ0n) is 11.1. The van der Waals surface area contributed by atoms with Gasteiger partial charge < -0.3 is 10.2 Å². The Labute approximate surface area is 116 Å². The minimum Gasteiger partial charge on any atom is -0.507 e. The summed E-state index contributed by atoms with van der Waals surface area (Å²) in [5, 5.41) is 22.6. The van der Waals surface area contributed by atoms with Gasteiger partial charge in [-0.05, 0) is 35.1 Å². The van der Waals surface area contributed by atoms with E-state index in [1.807, 2.05) is 43.3 Å². The van der Waals surface area contributed by atoms with Crippen LogP contribution in [-0.2, 0) is 0 Å². The molecule has 0 spiro atoms. The van der Waals surface area contributed by atoms with Crippen LogP contribution < -0.4 is 0 Å². The summed E-state index contributed by atoms with van der Waals surface area (Å²) in [6.45, 7) is 2.03. The molecule has 1 atom stereocenters.